The molecule has 0 amide bonds. The maximum absolute atomic E-state index is 12.5. The lowest BCUT2D eigenvalue weighted by Crippen LogP contribution is -2.45. The van der Waals surface area contributed by atoms with Crippen molar-refractivity contribution in [2.75, 3.05) is 33.3 Å². The third kappa shape index (κ3) is 4.55. The maximum atomic E-state index is 12.5. The molecule has 0 radical (unpaired) electrons. The molecule has 1 aliphatic heterocycles. The lowest BCUT2D eigenvalue weighted by Gasteiger charge is -2.33. The van der Waals surface area contributed by atoms with Crippen LogP contribution in [0.3, 0.4) is 0 Å². The van der Waals surface area contributed by atoms with Crippen molar-refractivity contribution < 1.29 is 18.8 Å². The van der Waals surface area contributed by atoms with Gasteiger partial charge in [-0.1, -0.05) is 24.3 Å². The molecule has 23 heavy (non-hydrogen) atoms. The van der Waals surface area contributed by atoms with Crippen molar-refractivity contribution in [1.82, 2.24) is 0 Å². The van der Waals surface area contributed by atoms with Crippen LogP contribution in [0.15, 0.2) is 24.3 Å². The number of esters is 1. The Labute approximate surface area is 140 Å². The van der Waals surface area contributed by atoms with Crippen molar-refractivity contribution in [3.05, 3.63) is 35.4 Å². The smallest absolute Gasteiger partial charge is 0.340 e. The van der Waals surface area contributed by atoms with Gasteiger partial charge in [0.25, 0.3) is 0 Å². The number of carbonyl (C=O) groups excluding carboxylic acids is 1. The number of benzene rings is 1. The maximum Gasteiger partial charge on any atom is 0.340 e. The van der Waals surface area contributed by atoms with Crippen LogP contribution in [0, 0.1) is 0 Å². The summed E-state index contributed by atoms with van der Waals surface area (Å²) in [5.74, 6) is -0.258. The molecule has 0 fully saturated rings. The number of fused-ring (bicyclic) bond motifs is 1. The number of carbonyl (C=O) groups is 1. The van der Waals surface area contributed by atoms with Crippen LogP contribution in [0.25, 0.3) is 0 Å². The first-order valence-electron chi connectivity index (χ1n) is 8.72. The SMILES string of the molecule is CC[N+](C)(CC)CCC(C)OC(=O)C1OCCc2ccccc21. The van der Waals surface area contributed by atoms with Crippen LogP contribution in [0.1, 0.15) is 44.4 Å². The van der Waals surface area contributed by atoms with Gasteiger partial charge in [-0.15, -0.1) is 0 Å². The molecule has 0 aromatic heterocycles. The van der Waals surface area contributed by atoms with Gasteiger partial charge >= 0.3 is 5.97 Å². The second kappa shape index (κ2) is 7.93. The zero-order valence-electron chi connectivity index (χ0n) is 14.9. The summed E-state index contributed by atoms with van der Waals surface area (Å²) in [6, 6.07) is 7.98. The molecule has 1 aromatic carbocycles. The minimum absolute atomic E-state index is 0.0873. The van der Waals surface area contributed by atoms with Crippen LogP contribution in [0.4, 0.5) is 0 Å². The van der Waals surface area contributed by atoms with Crippen LogP contribution >= 0.6 is 0 Å². The summed E-state index contributed by atoms with van der Waals surface area (Å²) < 4.78 is 12.3. The number of hydrogen-bond acceptors (Lipinski definition) is 3. The van der Waals surface area contributed by atoms with Crippen molar-refractivity contribution in [1.29, 1.82) is 0 Å². The van der Waals surface area contributed by atoms with E-state index in [1.54, 1.807) is 0 Å². The average molecular weight is 320 g/mol. The van der Waals surface area contributed by atoms with Crippen LogP contribution in [-0.2, 0) is 20.7 Å². The van der Waals surface area contributed by atoms with Crippen LogP contribution in [-0.4, -0.2) is 49.8 Å². The molecular formula is C19H30NO3+. The Hall–Kier alpha value is -1.39. The lowest BCUT2D eigenvalue weighted by molar-refractivity contribution is -0.906. The van der Waals surface area contributed by atoms with Crippen molar-refractivity contribution in [3.63, 3.8) is 0 Å². The highest BCUT2D eigenvalue weighted by molar-refractivity contribution is 5.77. The summed E-state index contributed by atoms with van der Waals surface area (Å²) in [4.78, 5) is 12.5. The third-order valence-corrected chi connectivity index (χ3v) is 5.13. The van der Waals surface area contributed by atoms with Gasteiger partial charge in [0.05, 0.1) is 33.3 Å². The minimum atomic E-state index is -0.569. The van der Waals surface area contributed by atoms with Crippen molar-refractivity contribution in [3.8, 4) is 0 Å². The minimum Gasteiger partial charge on any atom is -0.460 e. The number of hydrogen-bond donors (Lipinski definition) is 0. The molecule has 2 unspecified atom stereocenters. The highest BCUT2D eigenvalue weighted by Crippen LogP contribution is 2.28. The van der Waals surface area contributed by atoms with E-state index in [9.17, 15) is 4.79 Å². The first-order chi connectivity index (χ1) is 11.0. The van der Waals surface area contributed by atoms with E-state index in [-0.39, 0.29) is 12.1 Å². The van der Waals surface area contributed by atoms with Gasteiger partial charge in [0, 0.05) is 6.42 Å². The van der Waals surface area contributed by atoms with Gasteiger partial charge in [-0.25, -0.2) is 4.79 Å². The molecule has 4 heteroatoms. The first kappa shape index (κ1) is 18.0. The zero-order valence-corrected chi connectivity index (χ0v) is 14.9. The molecule has 1 aromatic rings. The van der Waals surface area contributed by atoms with Crippen molar-refractivity contribution in [2.24, 2.45) is 0 Å². The number of quaternary nitrogens is 1. The Morgan fingerprint density at radius 1 is 1.35 bits per heavy atom. The van der Waals surface area contributed by atoms with Gasteiger partial charge in [0.2, 0.25) is 0 Å². The topological polar surface area (TPSA) is 35.5 Å². The molecule has 0 bridgehead atoms. The summed E-state index contributed by atoms with van der Waals surface area (Å²) >= 11 is 0. The van der Waals surface area contributed by atoms with Crippen molar-refractivity contribution >= 4 is 5.97 Å². The van der Waals surface area contributed by atoms with E-state index in [0.717, 1.165) is 42.5 Å². The van der Waals surface area contributed by atoms with E-state index in [1.165, 1.54) is 5.56 Å². The molecule has 2 rings (SSSR count). The Balaban J connectivity index is 1.92. The Kier molecular flexibility index (Phi) is 6.19. The van der Waals surface area contributed by atoms with E-state index in [2.05, 4.69) is 27.0 Å². The standard InChI is InChI=1S/C19H30NO3/c1-5-20(4,6-2)13-11-15(3)23-19(21)18-17-10-8-7-9-16(17)12-14-22-18/h7-10,15,18H,5-6,11-14H2,1-4H3/q+1. The molecule has 0 saturated heterocycles. The van der Waals surface area contributed by atoms with Gasteiger partial charge in [0.15, 0.2) is 6.10 Å². The molecule has 4 nitrogen and oxygen atoms in total. The summed E-state index contributed by atoms with van der Waals surface area (Å²) in [7, 11) is 2.25. The van der Waals surface area contributed by atoms with Gasteiger partial charge in [-0.05, 0) is 38.3 Å². The van der Waals surface area contributed by atoms with E-state index in [0.29, 0.717) is 6.61 Å². The highest BCUT2D eigenvalue weighted by atomic mass is 16.6. The van der Waals surface area contributed by atoms with Crippen LogP contribution < -0.4 is 0 Å². The summed E-state index contributed by atoms with van der Waals surface area (Å²) in [5.41, 5.74) is 2.15. The molecular weight excluding hydrogens is 290 g/mol. The van der Waals surface area contributed by atoms with Crippen molar-refractivity contribution in [2.45, 2.75) is 45.8 Å². The third-order valence-electron chi connectivity index (χ3n) is 5.13. The molecule has 0 aliphatic carbocycles. The van der Waals surface area contributed by atoms with Gasteiger partial charge in [-0.2, -0.15) is 0 Å². The second-order valence-electron chi connectivity index (χ2n) is 6.71. The molecule has 0 N–H and O–H groups in total. The quantitative estimate of drug-likeness (QED) is 0.572. The Bertz CT molecular complexity index is 525. The van der Waals surface area contributed by atoms with Crippen LogP contribution in [0.5, 0.6) is 0 Å². The lowest BCUT2D eigenvalue weighted by atomic mass is 9.98. The average Bonchev–Trinajstić information content (AvgIpc) is 2.59. The Morgan fingerprint density at radius 3 is 2.74 bits per heavy atom. The second-order valence-corrected chi connectivity index (χ2v) is 6.71. The predicted molar refractivity (Wildman–Crippen MR) is 91.1 cm³/mol. The van der Waals surface area contributed by atoms with E-state index < -0.39 is 6.10 Å². The molecule has 1 heterocycles. The summed E-state index contributed by atoms with van der Waals surface area (Å²) in [6.07, 6.45) is 1.08. The predicted octanol–water partition coefficient (Wildman–Crippen LogP) is 3.11. The zero-order chi connectivity index (χ0) is 16.9. The number of rotatable bonds is 7. The molecule has 2 atom stereocenters. The van der Waals surface area contributed by atoms with Gasteiger partial charge in [0.1, 0.15) is 6.10 Å². The number of ether oxygens (including phenoxy) is 2. The largest absolute Gasteiger partial charge is 0.460 e. The monoisotopic (exact) mass is 320 g/mol. The fourth-order valence-electron chi connectivity index (χ4n) is 2.94. The highest BCUT2D eigenvalue weighted by Gasteiger charge is 2.30. The van der Waals surface area contributed by atoms with Gasteiger partial charge in [-0.3, -0.25) is 0 Å². The summed E-state index contributed by atoms with van der Waals surface area (Å²) in [6.45, 7) is 10.2. The molecule has 128 valence electrons. The van der Waals surface area contributed by atoms with E-state index in [1.807, 2.05) is 25.1 Å². The summed E-state index contributed by atoms with van der Waals surface area (Å²) in [5, 5.41) is 0. The molecule has 0 spiro atoms. The number of nitrogens with zero attached hydrogens (tertiary/aromatic N) is 1. The normalized spacial score (nSPS) is 19.0. The fourth-order valence-corrected chi connectivity index (χ4v) is 2.94. The molecule has 0 saturated carbocycles. The Morgan fingerprint density at radius 2 is 2.04 bits per heavy atom. The first-order valence-corrected chi connectivity index (χ1v) is 8.72. The van der Waals surface area contributed by atoms with E-state index in [4.69, 9.17) is 9.47 Å². The molecule has 1 aliphatic rings. The van der Waals surface area contributed by atoms with Gasteiger partial charge < -0.3 is 14.0 Å². The van der Waals surface area contributed by atoms with E-state index >= 15 is 0 Å². The van der Waals surface area contributed by atoms with Crippen LogP contribution in [0.2, 0.25) is 0 Å². The fraction of sp³-hybridized carbons (Fsp3) is 0.632.